The molecule has 0 aromatic carbocycles. The van der Waals surface area contributed by atoms with Crippen molar-refractivity contribution in [2.45, 2.75) is 115 Å². The predicted octanol–water partition coefficient (Wildman–Crippen LogP) is 4.27. The van der Waals surface area contributed by atoms with E-state index < -0.39 is 30.7 Å². The van der Waals surface area contributed by atoms with E-state index in [1.807, 2.05) is 0 Å². The zero-order chi connectivity index (χ0) is 19.6. The fraction of sp³-hybridized carbons (Fsp3) is 0.952. The molecule has 5 heteroatoms. The first-order valence-corrected chi connectivity index (χ1v) is 10.7. The smallest absolute Gasteiger partial charge is 0.309 e. The van der Waals surface area contributed by atoms with Crippen molar-refractivity contribution in [1.29, 1.82) is 0 Å². The summed E-state index contributed by atoms with van der Waals surface area (Å²) in [6.07, 6.45) is 14.9. The van der Waals surface area contributed by atoms with E-state index in [1.165, 1.54) is 70.6 Å². The summed E-state index contributed by atoms with van der Waals surface area (Å²) in [5, 5.41) is 37.1. The molecule has 0 aliphatic rings. The lowest BCUT2D eigenvalue weighted by Crippen LogP contribution is -2.39. The Kier molecular flexibility index (Phi) is 17.3. The fourth-order valence-corrected chi connectivity index (χ4v) is 3.38. The van der Waals surface area contributed by atoms with Crippen molar-refractivity contribution in [3.8, 4) is 0 Å². The van der Waals surface area contributed by atoms with Gasteiger partial charge in [0.25, 0.3) is 0 Å². The molecule has 0 aromatic rings. The van der Waals surface area contributed by atoms with E-state index in [1.54, 1.807) is 0 Å². The number of carboxylic acids is 1. The number of carbonyl (C=O) groups is 1. The van der Waals surface area contributed by atoms with Crippen LogP contribution in [0.2, 0.25) is 0 Å². The van der Waals surface area contributed by atoms with E-state index in [-0.39, 0.29) is 0 Å². The normalized spacial score (nSPS) is 14.9. The van der Waals surface area contributed by atoms with Crippen molar-refractivity contribution in [3.05, 3.63) is 0 Å². The summed E-state index contributed by atoms with van der Waals surface area (Å²) >= 11 is 0. The van der Waals surface area contributed by atoms with Crippen molar-refractivity contribution in [2.75, 3.05) is 6.61 Å². The van der Waals surface area contributed by atoms with E-state index in [9.17, 15) is 15.0 Å². The lowest BCUT2D eigenvalue weighted by molar-refractivity contribution is -0.150. The highest BCUT2D eigenvalue weighted by Crippen LogP contribution is 2.19. The number of hydrogen-bond donors (Lipinski definition) is 4. The molecule has 0 saturated heterocycles. The lowest BCUT2D eigenvalue weighted by atomic mass is 9.92. The number of rotatable bonds is 19. The molecule has 4 N–H and O–H groups in total. The van der Waals surface area contributed by atoms with Crippen LogP contribution in [-0.4, -0.2) is 45.2 Å². The Labute approximate surface area is 159 Å². The second kappa shape index (κ2) is 17.7. The number of hydrogen-bond acceptors (Lipinski definition) is 4. The van der Waals surface area contributed by atoms with E-state index in [0.717, 1.165) is 19.3 Å². The maximum Gasteiger partial charge on any atom is 0.309 e. The van der Waals surface area contributed by atoms with Gasteiger partial charge in [0, 0.05) is 0 Å². The highest BCUT2D eigenvalue weighted by molar-refractivity contribution is 5.70. The van der Waals surface area contributed by atoms with Crippen LogP contribution in [0, 0.1) is 5.92 Å². The Morgan fingerprint density at radius 1 is 0.731 bits per heavy atom. The van der Waals surface area contributed by atoms with Crippen LogP contribution in [0.5, 0.6) is 0 Å². The van der Waals surface area contributed by atoms with Crippen molar-refractivity contribution >= 4 is 5.97 Å². The van der Waals surface area contributed by atoms with Crippen molar-refractivity contribution in [1.82, 2.24) is 0 Å². The van der Waals surface area contributed by atoms with E-state index in [4.69, 9.17) is 10.2 Å². The van der Waals surface area contributed by atoms with Crippen molar-refractivity contribution in [3.63, 3.8) is 0 Å². The molecule has 0 fully saturated rings. The molecule has 0 bridgehead atoms. The van der Waals surface area contributed by atoms with Gasteiger partial charge in [-0.1, -0.05) is 96.8 Å². The molecule has 0 amide bonds. The number of unbranched alkanes of at least 4 members (excludes halogenated alkanes) is 13. The van der Waals surface area contributed by atoms with Crippen LogP contribution in [0.1, 0.15) is 103 Å². The monoisotopic (exact) mass is 374 g/mol. The van der Waals surface area contributed by atoms with Crippen LogP contribution >= 0.6 is 0 Å². The van der Waals surface area contributed by atoms with E-state index >= 15 is 0 Å². The summed E-state index contributed by atoms with van der Waals surface area (Å²) in [6, 6.07) is 0. The van der Waals surface area contributed by atoms with E-state index in [0.29, 0.717) is 6.42 Å². The highest BCUT2D eigenvalue weighted by atomic mass is 16.4. The Bertz CT molecular complexity index is 322. The molecule has 0 saturated carbocycles. The molecule has 0 aromatic heterocycles. The first kappa shape index (κ1) is 25.4. The Morgan fingerprint density at radius 3 is 1.46 bits per heavy atom. The largest absolute Gasteiger partial charge is 0.481 e. The molecule has 0 aliphatic carbocycles. The molecule has 0 spiro atoms. The van der Waals surface area contributed by atoms with Gasteiger partial charge in [0.1, 0.15) is 6.10 Å². The van der Waals surface area contributed by atoms with Gasteiger partial charge in [0.2, 0.25) is 0 Å². The van der Waals surface area contributed by atoms with Gasteiger partial charge in [0.05, 0.1) is 18.6 Å². The van der Waals surface area contributed by atoms with Gasteiger partial charge in [-0.2, -0.15) is 0 Å². The number of carboxylic acid groups (broad SMARTS) is 1. The summed E-state index contributed by atoms with van der Waals surface area (Å²) in [6.45, 7) is 1.62. The first-order chi connectivity index (χ1) is 12.5. The first-order valence-electron chi connectivity index (χ1n) is 10.7. The van der Waals surface area contributed by atoms with Crippen LogP contribution in [0.4, 0.5) is 0 Å². The zero-order valence-electron chi connectivity index (χ0n) is 16.7. The maximum absolute atomic E-state index is 11.2. The molecule has 0 aliphatic heterocycles. The third kappa shape index (κ3) is 13.5. The molecular weight excluding hydrogens is 332 g/mol. The van der Waals surface area contributed by atoms with Crippen LogP contribution in [0.3, 0.4) is 0 Å². The van der Waals surface area contributed by atoms with Crippen LogP contribution in [0.15, 0.2) is 0 Å². The van der Waals surface area contributed by atoms with Gasteiger partial charge in [0.15, 0.2) is 0 Å². The van der Waals surface area contributed by atoms with Crippen LogP contribution in [0.25, 0.3) is 0 Å². The summed E-state index contributed by atoms with van der Waals surface area (Å²) in [4.78, 5) is 11.2. The third-order valence-electron chi connectivity index (χ3n) is 5.18. The van der Waals surface area contributed by atoms with Gasteiger partial charge in [-0.3, -0.25) is 4.79 Å². The summed E-state index contributed by atoms with van der Waals surface area (Å²) in [7, 11) is 0. The molecule has 5 nitrogen and oxygen atoms in total. The fourth-order valence-electron chi connectivity index (χ4n) is 3.38. The number of aliphatic carboxylic acids is 1. The average molecular weight is 375 g/mol. The third-order valence-corrected chi connectivity index (χ3v) is 5.18. The van der Waals surface area contributed by atoms with Crippen LogP contribution in [-0.2, 0) is 4.79 Å². The second-order valence-electron chi connectivity index (χ2n) is 7.57. The van der Waals surface area contributed by atoms with Crippen molar-refractivity contribution < 1.29 is 25.2 Å². The maximum atomic E-state index is 11.2. The Morgan fingerprint density at radius 2 is 1.12 bits per heavy atom. The predicted molar refractivity (Wildman–Crippen MR) is 105 cm³/mol. The summed E-state index contributed by atoms with van der Waals surface area (Å²) in [5.74, 6) is -2.12. The standard InChI is InChI=1S/C21H42O5/c1-2-3-4-5-6-7-8-9-10-11-12-13-14-15-16-18(21(25)26)20(24)19(23)17-22/h18-20,22-24H,2-17H2,1H3,(H,25,26). The van der Waals surface area contributed by atoms with Crippen LogP contribution < -0.4 is 0 Å². The van der Waals surface area contributed by atoms with Gasteiger partial charge in [-0.05, 0) is 6.42 Å². The minimum atomic E-state index is -1.40. The molecule has 156 valence electrons. The quantitative estimate of drug-likeness (QED) is 0.253. The highest BCUT2D eigenvalue weighted by Gasteiger charge is 2.30. The van der Waals surface area contributed by atoms with Gasteiger partial charge in [-0.25, -0.2) is 0 Å². The minimum absolute atomic E-state index is 0.339. The average Bonchev–Trinajstić information content (AvgIpc) is 2.63. The molecule has 0 radical (unpaired) electrons. The number of aliphatic hydroxyl groups excluding tert-OH is 3. The number of aliphatic hydroxyl groups is 3. The molecule has 3 atom stereocenters. The van der Waals surface area contributed by atoms with Gasteiger partial charge in [-0.15, -0.1) is 0 Å². The molecule has 26 heavy (non-hydrogen) atoms. The summed E-state index contributed by atoms with van der Waals surface area (Å²) < 4.78 is 0. The van der Waals surface area contributed by atoms with Crippen molar-refractivity contribution in [2.24, 2.45) is 5.92 Å². The molecular formula is C21H42O5. The van der Waals surface area contributed by atoms with E-state index in [2.05, 4.69) is 6.92 Å². The second-order valence-corrected chi connectivity index (χ2v) is 7.57. The Balaban J connectivity index is 3.50. The van der Waals surface area contributed by atoms with Gasteiger partial charge >= 0.3 is 5.97 Å². The lowest BCUT2D eigenvalue weighted by Gasteiger charge is -2.22. The Hall–Kier alpha value is -0.650. The topological polar surface area (TPSA) is 98.0 Å². The SMILES string of the molecule is CCCCCCCCCCCCCCCCC(C(=O)O)C(O)C(O)CO. The van der Waals surface area contributed by atoms with Gasteiger partial charge < -0.3 is 20.4 Å². The molecule has 0 heterocycles. The molecule has 0 rings (SSSR count). The minimum Gasteiger partial charge on any atom is -0.481 e. The molecule has 3 unspecified atom stereocenters. The zero-order valence-corrected chi connectivity index (χ0v) is 16.7. The summed E-state index contributed by atoms with van der Waals surface area (Å²) in [5.41, 5.74) is 0.